The summed E-state index contributed by atoms with van der Waals surface area (Å²) < 4.78 is 0. The van der Waals surface area contributed by atoms with Crippen molar-refractivity contribution in [3.05, 3.63) is 80.3 Å². The highest BCUT2D eigenvalue weighted by molar-refractivity contribution is 8.05. The third kappa shape index (κ3) is 5.06. The number of nitrogens with zero attached hydrogens (tertiary/aromatic N) is 3. The Bertz CT molecular complexity index is 1300. The quantitative estimate of drug-likeness (QED) is 0.511. The van der Waals surface area contributed by atoms with Crippen LogP contribution in [-0.2, 0) is 9.59 Å². The minimum absolute atomic E-state index is 0.0226. The molecule has 208 valence electrons. The molecule has 10 heteroatoms. The van der Waals surface area contributed by atoms with Crippen molar-refractivity contribution in [1.29, 1.82) is 0 Å². The van der Waals surface area contributed by atoms with Gasteiger partial charge in [-0.2, -0.15) is 0 Å². The molecule has 39 heavy (non-hydrogen) atoms. The number of carbonyl (C=O) groups excluding carboxylic acids is 2. The highest BCUT2D eigenvalue weighted by Gasteiger charge is 2.57. The number of amides is 2. The number of rotatable bonds is 5. The summed E-state index contributed by atoms with van der Waals surface area (Å²) in [6, 6.07) is 14.8. The van der Waals surface area contributed by atoms with Crippen LogP contribution in [0.5, 0.6) is 0 Å². The molecule has 2 aromatic carbocycles. The number of fused-ring (bicyclic) bond motifs is 1. The van der Waals surface area contributed by atoms with Crippen LogP contribution in [0.15, 0.2) is 59.1 Å². The van der Waals surface area contributed by atoms with Gasteiger partial charge in [0.1, 0.15) is 11.0 Å². The van der Waals surface area contributed by atoms with Crippen LogP contribution in [0.25, 0.3) is 0 Å². The first-order chi connectivity index (χ1) is 18.4. The highest BCUT2D eigenvalue weighted by atomic mass is 35.5. The van der Waals surface area contributed by atoms with Gasteiger partial charge in [0.05, 0.1) is 23.1 Å². The SMILES string of the molecule is CC(C)C1=C(C(=O)N2C[C@@H](O)C[C@H]2C(=O)N(C)C)SC2(C)N[C@@H](c3ccc(Cl)cc3)[C@@H](c3ccc(Cl)cc3)N12. The lowest BCUT2D eigenvalue weighted by atomic mass is 9.92. The van der Waals surface area contributed by atoms with Crippen molar-refractivity contribution in [3.8, 4) is 0 Å². The van der Waals surface area contributed by atoms with E-state index < -0.39 is 17.1 Å². The van der Waals surface area contributed by atoms with E-state index >= 15 is 0 Å². The van der Waals surface area contributed by atoms with Crippen LogP contribution in [0, 0.1) is 5.92 Å². The van der Waals surface area contributed by atoms with Gasteiger partial charge in [-0.15, -0.1) is 0 Å². The predicted molar refractivity (Wildman–Crippen MR) is 156 cm³/mol. The standard InChI is InChI=1S/C29H34Cl2N4O3S/c1-16(2)24-26(28(38)34-15-21(36)14-22(34)27(37)33(4)5)39-29(3)32-23(17-6-10-19(30)11-7-17)25(35(24)29)18-8-12-20(31)13-9-18/h6-13,16,21-23,25,32,36H,14-15H2,1-5H3/t21-,22-,23-,25+,29?/m0/s1. The Morgan fingerprint density at radius 3 is 2.15 bits per heavy atom. The number of hydrogen-bond acceptors (Lipinski definition) is 6. The molecule has 7 nitrogen and oxygen atoms in total. The number of likely N-dealkylation sites (tertiary alicyclic amines) is 1. The molecule has 0 spiro atoms. The topological polar surface area (TPSA) is 76.1 Å². The molecule has 0 radical (unpaired) electrons. The third-order valence-electron chi connectivity index (χ3n) is 7.72. The Kier molecular flexibility index (Phi) is 7.72. The number of carbonyl (C=O) groups is 2. The highest BCUT2D eigenvalue weighted by Crippen LogP contribution is 2.59. The molecule has 0 aromatic heterocycles. The van der Waals surface area contributed by atoms with Gasteiger partial charge >= 0.3 is 0 Å². The molecule has 2 amide bonds. The van der Waals surface area contributed by atoms with Gasteiger partial charge in [0.15, 0.2) is 0 Å². The second kappa shape index (κ2) is 10.6. The van der Waals surface area contributed by atoms with Gasteiger partial charge in [0.2, 0.25) is 5.91 Å². The first-order valence-corrected chi connectivity index (χ1v) is 14.7. The molecule has 0 saturated carbocycles. The Morgan fingerprint density at radius 1 is 1.05 bits per heavy atom. The van der Waals surface area contributed by atoms with Crippen molar-refractivity contribution < 1.29 is 14.7 Å². The Hall–Kier alpha value is -2.23. The number of thioether (sulfide) groups is 1. The maximum Gasteiger partial charge on any atom is 0.262 e. The second-order valence-electron chi connectivity index (χ2n) is 11.1. The summed E-state index contributed by atoms with van der Waals surface area (Å²) in [4.78, 5) is 32.5. The first kappa shape index (κ1) is 28.3. The molecule has 2 aromatic rings. The van der Waals surface area contributed by atoms with Crippen molar-refractivity contribution in [2.75, 3.05) is 20.6 Å². The van der Waals surface area contributed by atoms with Crippen molar-refractivity contribution >= 4 is 46.8 Å². The monoisotopic (exact) mass is 588 g/mol. The molecule has 5 rings (SSSR count). The predicted octanol–water partition coefficient (Wildman–Crippen LogP) is 5.02. The number of benzene rings is 2. The van der Waals surface area contributed by atoms with Crippen LogP contribution in [0.1, 0.15) is 50.4 Å². The summed E-state index contributed by atoms with van der Waals surface area (Å²) in [5.74, 6) is -0.369. The Morgan fingerprint density at radius 2 is 1.62 bits per heavy atom. The third-order valence-corrected chi connectivity index (χ3v) is 9.52. The van der Waals surface area contributed by atoms with Gasteiger partial charge in [-0.3, -0.25) is 14.9 Å². The van der Waals surface area contributed by atoms with E-state index in [1.807, 2.05) is 48.5 Å². The van der Waals surface area contributed by atoms with Crippen molar-refractivity contribution in [3.63, 3.8) is 0 Å². The van der Waals surface area contributed by atoms with Crippen LogP contribution in [0.2, 0.25) is 10.0 Å². The average Bonchev–Trinajstić information content (AvgIpc) is 3.51. The molecular weight excluding hydrogens is 555 g/mol. The van der Waals surface area contributed by atoms with E-state index in [2.05, 4.69) is 31.0 Å². The molecule has 3 heterocycles. The summed E-state index contributed by atoms with van der Waals surface area (Å²) in [5.41, 5.74) is 3.08. The Balaban J connectivity index is 1.60. The lowest BCUT2D eigenvalue weighted by Gasteiger charge is -2.36. The van der Waals surface area contributed by atoms with Crippen molar-refractivity contribution in [1.82, 2.24) is 20.0 Å². The summed E-state index contributed by atoms with van der Waals surface area (Å²) >= 11 is 14.0. The van der Waals surface area contributed by atoms with Crippen LogP contribution >= 0.6 is 35.0 Å². The van der Waals surface area contributed by atoms with E-state index in [1.54, 1.807) is 19.0 Å². The van der Waals surface area contributed by atoms with E-state index in [-0.39, 0.29) is 42.8 Å². The lowest BCUT2D eigenvalue weighted by molar-refractivity contribution is -0.140. The number of halogens is 2. The van der Waals surface area contributed by atoms with Crippen LogP contribution < -0.4 is 5.32 Å². The molecule has 1 unspecified atom stereocenters. The minimum atomic E-state index is -0.734. The maximum absolute atomic E-state index is 14.2. The van der Waals surface area contributed by atoms with E-state index in [9.17, 15) is 14.7 Å². The fraction of sp³-hybridized carbons (Fsp3) is 0.448. The van der Waals surface area contributed by atoms with E-state index in [4.69, 9.17) is 23.2 Å². The first-order valence-electron chi connectivity index (χ1n) is 13.1. The molecule has 3 aliphatic rings. The van der Waals surface area contributed by atoms with Crippen LogP contribution in [-0.4, -0.2) is 69.4 Å². The molecule has 0 aliphatic carbocycles. The smallest absolute Gasteiger partial charge is 0.262 e. The zero-order valence-corrected chi connectivity index (χ0v) is 25.0. The van der Waals surface area contributed by atoms with Crippen LogP contribution in [0.4, 0.5) is 0 Å². The molecule has 5 atom stereocenters. The molecule has 2 saturated heterocycles. The molecule has 2 N–H and O–H groups in total. The zero-order chi connectivity index (χ0) is 28.2. The summed E-state index contributed by atoms with van der Waals surface area (Å²) in [6.07, 6.45) is -0.495. The number of likely N-dealkylation sites (N-methyl/N-ethyl adjacent to an activating group) is 1. The maximum atomic E-state index is 14.2. The number of allylic oxidation sites excluding steroid dienone is 1. The van der Waals surface area contributed by atoms with Gasteiger partial charge in [0.25, 0.3) is 5.91 Å². The number of aliphatic hydroxyl groups excluding tert-OH is 1. The lowest BCUT2D eigenvalue weighted by Crippen LogP contribution is -2.46. The van der Waals surface area contributed by atoms with Gasteiger partial charge in [-0.1, -0.05) is 73.1 Å². The number of aliphatic hydroxyl groups is 1. The van der Waals surface area contributed by atoms with Gasteiger partial charge < -0.3 is 19.8 Å². The second-order valence-corrected chi connectivity index (χ2v) is 13.4. The number of β-amino-alcohol motifs (C(OH)–C–C–N with tert-alkyl or cyclic N) is 1. The van der Waals surface area contributed by atoms with Crippen molar-refractivity contribution in [2.24, 2.45) is 5.92 Å². The van der Waals surface area contributed by atoms with Gasteiger partial charge in [0, 0.05) is 42.8 Å². The molecule has 0 bridgehead atoms. The van der Waals surface area contributed by atoms with Crippen molar-refractivity contribution in [2.45, 2.75) is 56.4 Å². The normalized spacial score (nSPS) is 28.4. The fourth-order valence-corrected chi connectivity index (χ4v) is 7.79. The molecular formula is C29H34Cl2N4O3S. The minimum Gasteiger partial charge on any atom is -0.391 e. The van der Waals surface area contributed by atoms with Crippen LogP contribution in [0.3, 0.4) is 0 Å². The number of hydrogen-bond donors (Lipinski definition) is 2. The summed E-state index contributed by atoms with van der Waals surface area (Å²) in [6.45, 7) is 6.41. The summed E-state index contributed by atoms with van der Waals surface area (Å²) in [7, 11) is 3.35. The summed E-state index contributed by atoms with van der Waals surface area (Å²) in [5, 5.41) is 15.6. The fourth-order valence-electron chi connectivity index (χ4n) is 6.00. The van der Waals surface area contributed by atoms with E-state index in [1.165, 1.54) is 16.7 Å². The largest absolute Gasteiger partial charge is 0.391 e. The number of nitrogens with one attached hydrogen (secondary N) is 1. The van der Waals surface area contributed by atoms with E-state index in [0.717, 1.165) is 16.8 Å². The Labute approximate surface area is 244 Å². The van der Waals surface area contributed by atoms with Gasteiger partial charge in [-0.25, -0.2) is 0 Å². The molecule has 3 aliphatic heterocycles. The zero-order valence-electron chi connectivity index (χ0n) is 22.7. The van der Waals surface area contributed by atoms with Gasteiger partial charge in [-0.05, 0) is 48.2 Å². The average molecular weight is 590 g/mol. The molecule has 2 fully saturated rings. The van der Waals surface area contributed by atoms with E-state index in [0.29, 0.717) is 15.0 Å².